The molecule has 10 nitrogen and oxygen atoms in total. The molecule has 0 bridgehead atoms. The van der Waals surface area contributed by atoms with Crippen molar-refractivity contribution in [3.05, 3.63) is 35.9 Å². The van der Waals surface area contributed by atoms with Crippen LogP contribution in [-0.4, -0.2) is 64.2 Å². The molecule has 0 saturated carbocycles. The predicted molar refractivity (Wildman–Crippen MR) is 132 cm³/mol. The van der Waals surface area contributed by atoms with Gasteiger partial charge in [0.15, 0.2) is 0 Å². The van der Waals surface area contributed by atoms with Crippen LogP contribution in [0.25, 0.3) is 0 Å². The maximum absolute atomic E-state index is 13.1. The van der Waals surface area contributed by atoms with E-state index in [0.717, 1.165) is 5.56 Å². The summed E-state index contributed by atoms with van der Waals surface area (Å²) < 4.78 is 0. The molecule has 1 aromatic rings. The first-order valence-corrected chi connectivity index (χ1v) is 12.0. The van der Waals surface area contributed by atoms with E-state index >= 15 is 0 Å². The van der Waals surface area contributed by atoms with Crippen molar-refractivity contribution in [2.45, 2.75) is 84.2 Å². The molecule has 1 rings (SSSR count). The molecule has 6 unspecified atom stereocenters. The molecule has 1 aromatic carbocycles. The molecule has 0 aliphatic heterocycles. The van der Waals surface area contributed by atoms with Crippen molar-refractivity contribution in [2.24, 2.45) is 17.6 Å². The number of hydrogen-bond donors (Lipinski definition) is 6. The van der Waals surface area contributed by atoms with Gasteiger partial charge < -0.3 is 31.9 Å². The van der Waals surface area contributed by atoms with Crippen LogP contribution in [0.5, 0.6) is 0 Å². The average Bonchev–Trinajstić information content (AvgIpc) is 2.80. The summed E-state index contributed by atoms with van der Waals surface area (Å²) in [6.07, 6.45) is -0.316. The summed E-state index contributed by atoms with van der Waals surface area (Å²) in [6, 6.07) is 4.42. The zero-order chi connectivity index (χ0) is 26.7. The molecule has 35 heavy (non-hydrogen) atoms. The maximum atomic E-state index is 13.1. The molecule has 0 spiro atoms. The van der Waals surface area contributed by atoms with Gasteiger partial charge in [-0.15, -0.1) is 0 Å². The Labute approximate surface area is 207 Å². The van der Waals surface area contributed by atoms with Gasteiger partial charge in [0.2, 0.25) is 17.7 Å². The topological polar surface area (TPSA) is 171 Å². The van der Waals surface area contributed by atoms with Gasteiger partial charge in [-0.1, -0.05) is 64.4 Å². The first-order valence-electron chi connectivity index (χ1n) is 12.0. The SMILES string of the molecule is CCC(C)C(N)C(=O)NC(C(=O)NC(Cc1ccccc1)C(=O)NC(CC(C)C)C(=O)O)C(C)O. The van der Waals surface area contributed by atoms with E-state index in [2.05, 4.69) is 16.0 Å². The summed E-state index contributed by atoms with van der Waals surface area (Å²) in [5, 5.41) is 27.2. The highest BCUT2D eigenvalue weighted by Crippen LogP contribution is 2.09. The number of aliphatic hydroxyl groups excluding tert-OH is 1. The van der Waals surface area contributed by atoms with E-state index in [9.17, 15) is 29.4 Å². The Balaban J connectivity index is 3.10. The van der Waals surface area contributed by atoms with E-state index in [1.165, 1.54) is 6.92 Å². The number of nitrogens with two attached hydrogens (primary N) is 1. The number of carbonyl (C=O) groups is 4. The highest BCUT2D eigenvalue weighted by molar-refractivity contribution is 5.94. The fourth-order valence-electron chi connectivity index (χ4n) is 3.45. The van der Waals surface area contributed by atoms with E-state index in [0.29, 0.717) is 6.42 Å². The Morgan fingerprint density at radius 1 is 0.886 bits per heavy atom. The number of aliphatic hydroxyl groups is 1. The number of amides is 3. The fraction of sp³-hybridized carbons (Fsp3) is 0.600. The van der Waals surface area contributed by atoms with Crippen molar-refractivity contribution in [3.63, 3.8) is 0 Å². The molecule has 0 saturated heterocycles. The molecule has 10 heteroatoms. The van der Waals surface area contributed by atoms with Crippen molar-refractivity contribution in [3.8, 4) is 0 Å². The summed E-state index contributed by atoms with van der Waals surface area (Å²) in [6.45, 7) is 8.70. The molecular formula is C25H40N4O6. The Kier molecular flexibility index (Phi) is 12.4. The third-order valence-corrected chi connectivity index (χ3v) is 5.86. The lowest BCUT2D eigenvalue weighted by molar-refractivity contribution is -0.143. The molecule has 0 aliphatic carbocycles. The van der Waals surface area contributed by atoms with E-state index in [1.54, 1.807) is 37.3 Å². The van der Waals surface area contributed by atoms with Crippen LogP contribution in [-0.2, 0) is 25.6 Å². The van der Waals surface area contributed by atoms with Crippen molar-refractivity contribution >= 4 is 23.7 Å². The molecule has 0 radical (unpaired) electrons. The van der Waals surface area contributed by atoms with Crippen molar-refractivity contribution < 1.29 is 29.4 Å². The van der Waals surface area contributed by atoms with Gasteiger partial charge in [0.1, 0.15) is 18.1 Å². The fourth-order valence-corrected chi connectivity index (χ4v) is 3.45. The Morgan fingerprint density at radius 2 is 1.46 bits per heavy atom. The van der Waals surface area contributed by atoms with E-state index < -0.39 is 54.0 Å². The molecular weight excluding hydrogens is 452 g/mol. The molecule has 0 aromatic heterocycles. The largest absolute Gasteiger partial charge is 0.480 e. The lowest BCUT2D eigenvalue weighted by Crippen LogP contribution is -2.60. The van der Waals surface area contributed by atoms with Crippen molar-refractivity contribution in [1.82, 2.24) is 16.0 Å². The number of carbonyl (C=O) groups excluding carboxylic acids is 3. The Hall–Kier alpha value is -2.98. The van der Waals surface area contributed by atoms with Gasteiger partial charge in [-0.05, 0) is 30.7 Å². The number of benzene rings is 1. The van der Waals surface area contributed by atoms with Crippen LogP contribution in [0.4, 0.5) is 0 Å². The molecule has 6 atom stereocenters. The van der Waals surface area contributed by atoms with Gasteiger partial charge in [0.05, 0.1) is 12.1 Å². The lowest BCUT2D eigenvalue weighted by atomic mass is 9.98. The standard InChI is InChI=1S/C25H40N4O6/c1-6-15(4)20(26)23(32)29-21(16(5)30)24(33)27-18(13-17-10-8-7-9-11-17)22(31)28-19(25(34)35)12-14(2)3/h7-11,14-16,18-21,30H,6,12-13,26H2,1-5H3,(H,27,33)(H,28,31)(H,29,32)(H,34,35). The average molecular weight is 493 g/mol. The Bertz CT molecular complexity index is 846. The minimum atomic E-state index is -1.35. The predicted octanol–water partition coefficient (Wildman–Crippen LogP) is 0.568. The minimum Gasteiger partial charge on any atom is -0.480 e. The lowest BCUT2D eigenvalue weighted by Gasteiger charge is -2.27. The number of carboxylic acid groups (broad SMARTS) is 1. The summed E-state index contributed by atoms with van der Waals surface area (Å²) in [7, 11) is 0. The van der Waals surface area contributed by atoms with Gasteiger partial charge in [0, 0.05) is 6.42 Å². The number of carboxylic acids is 1. The van der Waals surface area contributed by atoms with Crippen molar-refractivity contribution in [2.75, 3.05) is 0 Å². The molecule has 0 heterocycles. The van der Waals surface area contributed by atoms with Gasteiger partial charge in [-0.2, -0.15) is 0 Å². The highest BCUT2D eigenvalue weighted by atomic mass is 16.4. The van der Waals surface area contributed by atoms with Crippen LogP contribution in [0.3, 0.4) is 0 Å². The van der Waals surface area contributed by atoms with Gasteiger partial charge >= 0.3 is 5.97 Å². The van der Waals surface area contributed by atoms with Crippen LogP contribution in [0.1, 0.15) is 53.0 Å². The molecule has 196 valence electrons. The first kappa shape index (κ1) is 30.1. The zero-order valence-corrected chi connectivity index (χ0v) is 21.2. The number of rotatable bonds is 14. The molecule has 0 aliphatic rings. The third-order valence-electron chi connectivity index (χ3n) is 5.86. The van der Waals surface area contributed by atoms with Gasteiger partial charge in [-0.25, -0.2) is 4.79 Å². The Morgan fingerprint density at radius 3 is 1.94 bits per heavy atom. The minimum absolute atomic E-state index is 0.0168. The highest BCUT2D eigenvalue weighted by Gasteiger charge is 2.33. The second-order valence-electron chi connectivity index (χ2n) is 9.42. The smallest absolute Gasteiger partial charge is 0.326 e. The normalized spacial score (nSPS) is 16.3. The van der Waals surface area contributed by atoms with Crippen LogP contribution < -0.4 is 21.7 Å². The van der Waals surface area contributed by atoms with E-state index in [1.807, 2.05) is 20.8 Å². The number of aliphatic carboxylic acids is 1. The molecule has 3 amide bonds. The van der Waals surface area contributed by atoms with Gasteiger partial charge in [-0.3, -0.25) is 14.4 Å². The summed E-state index contributed by atoms with van der Waals surface area (Å²) >= 11 is 0. The second kappa shape index (κ2) is 14.4. The summed E-state index contributed by atoms with van der Waals surface area (Å²) in [5.41, 5.74) is 6.69. The van der Waals surface area contributed by atoms with Crippen LogP contribution >= 0.6 is 0 Å². The monoisotopic (exact) mass is 492 g/mol. The second-order valence-corrected chi connectivity index (χ2v) is 9.42. The van der Waals surface area contributed by atoms with Crippen LogP contribution in [0.2, 0.25) is 0 Å². The molecule has 0 fully saturated rings. The zero-order valence-electron chi connectivity index (χ0n) is 21.2. The van der Waals surface area contributed by atoms with Crippen LogP contribution in [0.15, 0.2) is 30.3 Å². The molecule has 7 N–H and O–H groups in total. The van der Waals surface area contributed by atoms with Crippen molar-refractivity contribution in [1.29, 1.82) is 0 Å². The van der Waals surface area contributed by atoms with Gasteiger partial charge in [0.25, 0.3) is 0 Å². The van der Waals surface area contributed by atoms with E-state index in [-0.39, 0.29) is 24.7 Å². The summed E-state index contributed by atoms with van der Waals surface area (Å²) in [5.74, 6) is -3.35. The quantitative estimate of drug-likeness (QED) is 0.220. The summed E-state index contributed by atoms with van der Waals surface area (Å²) in [4.78, 5) is 50.3. The number of nitrogens with one attached hydrogen (secondary N) is 3. The first-order chi connectivity index (χ1) is 16.4. The maximum Gasteiger partial charge on any atom is 0.326 e. The third kappa shape index (κ3) is 10.0. The number of hydrogen-bond acceptors (Lipinski definition) is 6. The van der Waals surface area contributed by atoms with E-state index in [4.69, 9.17) is 5.73 Å². The van der Waals surface area contributed by atoms with Crippen LogP contribution in [0, 0.1) is 11.8 Å².